The van der Waals surface area contributed by atoms with Crippen LogP contribution in [0.3, 0.4) is 0 Å². The first-order valence-corrected chi connectivity index (χ1v) is 32.3. The summed E-state index contributed by atoms with van der Waals surface area (Å²) in [5, 5.41) is 11.6. The second-order valence-corrected chi connectivity index (χ2v) is 22.8. The van der Waals surface area contributed by atoms with E-state index in [0.29, 0.717) is 193 Å². The molecule has 4 aromatic rings. The number of hydrogen-bond donors (Lipinski definition) is 5. The average molecular weight is 1310 g/mol. The van der Waals surface area contributed by atoms with E-state index in [1.54, 1.807) is 20.8 Å². The number of amides is 3. The lowest BCUT2D eigenvalue weighted by Gasteiger charge is -2.24. The molecular formula is C65H99Cl2N6O17+. The number of fused-ring (bicyclic) bond motifs is 1. The molecule has 6 N–H and O–H groups in total. The zero-order chi connectivity index (χ0) is 64.0. The molecule has 25 heteroatoms. The van der Waals surface area contributed by atoms with Crippen LogP contribution in [0.15, 0.2) is 72.8 Å². The van der Waals surface area contributed by atoms with Crippen molar-refractivity contribution in [3.05, 3.63) is 99.5 Å². The quantitative estimate of drug-likeness (QED) is 0.0168. The first-order chi connectivity index (χ1) is 43.9. The SMILES string of the molecule is CC(C)(C)OC(=O)NNC(=O)CCOCCOCCOCCOCCOCCOCCOCCOCCOCCOCCOCCOCCNC(=O)CCCCCOc1cc(NC2CC[NH2+]CC2)c2cc(C(c3ccc(Cl)cc3)c3ccc(Cl)cc3)ccc2n1. The molecule has 0 radical (unpaired) electrons. The molecule has 23 nitrogen and oxygen atoms in total. The lowest BCUT2D eigenvalue weighted by atomic mass is 9.84. The van der Waals surface area contributed by atoms with Crippen molar-refractivity contribution in [2.45, 2.75) is 83.3 Å². The van der Waals surface area contributed by atoms with E-state index in [1.165, 1.54) is 0 Å². The van der Waals surface area contributed by atoms with Gasteiger partial charge < -0.3 is 82.3 Å². The molecule has 0 saturated carbocycles. The monoisotopic (exact) mass is 1310 g/mol. The number of pyridine rings is 1. The molecular weight excluding hydrogens is 1210 g/mol. The van der Waals surface area contributed by atoms with Gasteiger partial charge in [-0.25, -0.2) is 15.2 Å². The van der Waals surface area contributed by atoms with Gasteiger partial charge in [0.05, 0.1) is 190 Å². The third kappa shape index (κ3) is 35.7. The minimum Gasteiger partial charge on any atom is -0.478 e. The summed E-state index contributed by atoms with van der Waals surface area (Å²) in [5.41, 5.74) is 9.08. The van der Waals surface area contributed by atoms with Crippen LogP contribution in [0.25, 0.3) is 10.9 Å². The first-order valence-electron chi connectivity index (χ1n) is 31.6. The predicted octanol–water partition coefficient (Wildman–Crippen LogP) is 7.06. The van der Waals surface area contributed by atoms with E-state index in [0.717, 1.165) is 78.5 Å². The van der Waals surface area contributed by atoms with Crippen molar-refractivity contribution in [1.82, 2.24) is 21.2 Å². The topological polar surface area (TPSA) is 258 Å². The van der Waals surface area contributed by atoms with Crippen molar-refractivity contribution in [1.29, 1.82) is 0 Å². The van der Waals surface area contributed by atoms with E-state index < -0.39 is 17.6 Å². The second-order valence-electron chi connectivity index (χ2n) is 21.9. The van der Waals surface area contributed by atoms with Gasteiger partial charge in [0.25, 0.3) is 0 Å². The maximum atomic E-state index is 12.5. The Balaban J connectivity index is 0.732. The van der Waals surface area contributed by atoms with Gasteiger partial charge in [-0.2, -0.15) is 0 Å². The highest BCUT2D eigenvalue weighted by Gasteiger charge is 2.22. The molecule has 2 heterocycles. The summed E-state index contributed by atoms with van der Waals surface area (Å²) in [6.07, 6.45) is 4.38. The van der Waals surface area contributed by atoms with Crippen LogP contribution in [0.2, 0.25) is 10.0 Å². The predicted molar refractivity (Wildman–Crippen MR) is 343 cm³/mol. The number of benzene rings is 3. The van der Waals surface area contributed by atoms with E-state index in [-0.39, 0.29) is 24.9 Å². The molecule has 0 bridgehead atoms. The van der Waals surface area contributed by atoms with E-state index in [9.17, 15) is 14.4 Å². The number of carbonyl (C=O) groups is 3. The van der Waals surface area contributed by atoms with Gasteiger partial charge in [0, 0.05) is 65.0 Å². The molecule has 1 aromatic heterocycles. The number of hydrazine groups is 1. The summed E-state index contributed by atoms with van der Waals surface area (Å²) >= 11 is 12.6. The molecule has 1 aliphatic heterocycles. The van der Waals surface area contributed by atoms with Gasteiger partial charge in [0.2, 0.25) is 17.7 Å². The maximum Gasteiger partial charge on any atom is 0.426 e. The molecule has 90 heavy (non-hydrogen) atoms. The number of ether oxygens (including phenoxy) is 14. The fraction of sp³-hybridized carbons (Fsp3) is 0.631. The van der Waals surface area contributed by atoms with Crippen LogP contribution in [0, 0.1) is 0 Å². The highest BCUT2D eigenvalue weighted by molar-refractivity contribution is 6.30. The molecule has 5 rings (SSSR count). The number of nitrogens with zero attached hydrogens (tertiary/aromatic N) is 1. The van der Waals surface area contributed by atoms with E-state index in [4.69, 9.17) is 94.5 Å². The third-order valence-electron chi connectivity index (χ3n) is 13.5. The van der Waals surface area contributed by atoms with E-state index in [1.807, 2.05) is 30.3 Å². The van der Waals surface area contributed by atoms with Crippen molar-refractivity contribution in [3.8, 4) is 5.88 Å². The smallest absolute Gasteiger partial charge is 0.426 e. The summed E-state index contributed by atoms with van der Waals surface area (Å²) in [5.74, 6) is 0.169. The van der Waals surface area contributed by atoms with Crippen molar-refractivity contribution in [2.24, 2.45) is 0 Å². The van der Waals surface area contributed by atoms with Gasteiger partial charge in [0.15, 0.2) is 0 Å². The standard InChI is InChI=1S/C65H98Cl2N6O17/c1-65(2,3)90-64(76)73-72-61(75)20-25-77-27-29-79-31-33-81-35-37-83-39-41-85-43-45-87-47-48-88-46-44-86-42-40-84-38-36-82-34-32-80-30-28-78-26-23-69-60(74)7-5-4-6-24-89-62-50-59(70-56-18-21-68-22-19-56)57-49-53(12-17-58(57)71-62)63(51-8-13-54(66)14-9-51)52-10-15-55(67)16-11-52/h8-17,49-50,56,63,68H,4-7,18-48H2,1-3H3,(H,69,74)(H,70,71)(H,72,75)(H,73,76)/p+1. The Kier molecular flexibility index (Phi) is 40.2. The molecule has 1 fully saturated rings. The average Bonchev–Trinajstić information content (AvgIpc) is 1.08. The minimum absolute atomic E-state index is 0.00745. The van der Waals surface area contributed by atoms with Crippen molar-refractivity contribution >= 4 is 57.7 Å². The number of halogens is 2. The number of aromatic nitrogens is 1. The molecule has 1 aliphatic rings. The zero-order valence-corrected chi connectivity index (χ0v) is 54.6. The third-order valence-corrected chi connectivity index (χ3v) is 14.0. The number of hydrogen-bond acceptors (Lipinski definition) is 19. The first kappa shape index (κ1) is 75.7. The Labute approximate surface area is 541 Å². The number of quaternary nitrogens is 1. The van der Waals surface area contributed by atoms with Crippen LogP contribution in [0.5, 0.6) is 5.88 Å². The number of carbonyl (C=O) groups excluding carboxylic acids is 3. The minimum atomic E-state index is -0.731. The normalized spacial score (nSPS) is 12.8. The highest BCUT2D eigenvalue weighted by atomic mass is 35.5. The van der Waals surface area contributed by atoms with E-state index in [2.05, 4.69) is 69.3 Å². The summed E-state index contributed by atoms with van der Waals surface area (Å²) in [7, 11) is 0. The van der Waals surface area contributed by atoms with Crippen LogP contribution in [-0.4, -0.2) is 219 Å². The summed E-state index contributed by atoms with van der Waals surface area (Å²) in [4.78, 5) is 40.7. The largest absolute Gasteiger partial charge is 0.478 e. The van der Waals surface area contributed by atoms with Gasteiger partial charge in [-0.3, -0.25) is 15.0 Å². The lowest BCUT2D eigenvalue weighted by molar-refractivity contribution is -0.662. The molecule has 0 spiro atoms. The molecule has 504 valence electrons. The number of piperidine rings is 1. The fourth-order valence-corrected chi connectivity index (χ4v) is 9.29. The van der Waals surface area contributed by atoms with Crippen molar-refractivity contribution in [2.75, 3.05) is 190 Å². The number of unbranched alkanes of at least 4 members (excludes halogenated alkanes) is 2. The maximum absolute atomic E-state index is 12.5. The Morgan fingerprint density at radius 3 is 1.39 bits per heavy atom. The Bertz CT molecular complexity index is 2490. The number of nitrogens with two attached hydrogens (primary N) is 1. The highest BCUT2D eigenvalue weighted by Crippen LogP contribution is 2.37. The van der Waals surface area contributed by atoms with Gasteiger partial charge in [-0.05, 0) is 93.1 Å². The summed E-state index contributed by atoms with van der Waals surface area (Å²) in [6.45, 7) is 18.6. The van der Waals surface area contributed by atoms with Gasteiger partial charge in [-0.1, -0.05) is 53.5 Å². The number of rotatable bonds is 51. The summed E-state index contributed by atoms with van der Waals surface area (Å²) < 4.78 is 77.5. The van der Waals surface area contributed by atoms with Gasteiger partial charge in [0.1, 0.15) is 5.60 Å². The number of nitrogens with one attached hydrogen (secondary N) is 4. The second kappa shape index (κ2) is 47.8. The lowest BCUT2D eigenvalue weighted by Crippen LogP contribution is -2.87. The van der Waals surface area contributed by atoms with Crippen LogP contribution < -0.4 is 31.5 Å². The zero-order valence-electron chi connectivity index (χ0n) is 53.1. The Hall–Kier alpha value is -5.06. The molecule has 0 unspecified atom stereocenters. The van der Waals surface area contributed by atoms with Crippen molar-refractivity contribution < 1.29 is 86.0 Å². The Morgan fingerprint density at radius 1 is 0.500 bits per heavy atom. The summed E-state index contributed by atoms with van der Waals surface area (Å²) in [6, 6.07) is 25.0. The van der Waals surface area contributed by atoms with Crippen LogP contribution >= 0.6 is 23.2 Å². The fourth-order valence-electron chi connectivity index (χ4n) is 9.04. The molecule has 3 aromatic carbocycles. The number of anilines is 1. The molecule has 3 amide bonds. The molecule has 0 atom stereocenters. The van der Waals surface area contributed by atoms with Crippen LogP contribution in [-0.2, 0) is 71.2 Å². The van der Waals surface area contributed by atoms with Gasteiger partial charge in [-0.15, -0.1) is 0 Å². The Morgan fingerprint density at radius 2 is 0.933 bits per heavy atom. The van der Waals surface area contributed by atoms with Crippen molar-refractivity contribution in [3.63, 3.8) is 0 Å². The van der Waals surface area contributed by atoms with Crippen LogP contribution in [0.4, 0.5) is 10.5 Å². The van der Waals surface area contributed by atoms with Gasteiger partial charge >= 0.3 is 6.09 Å². The van der Waals surface area contributed by atoms with E-state index >= 15 is 0 Å². The van der Waals surface area contributed by atoms with Crippen LogP contribution in [0.1, 0.15) is 88.3 Å². The molecule has 1 saturated heterocycles. The molecule has 0 aliphatic carbocycles.